The number of hydrogen-bond acceptors (Lipinski definition) is 6. The van der Waals surface area contributed by atoms with Gasteiger partial charge in [0.2, 0.25) is 11.8 Å². The van der Waals surface area contributed by atoms with E-state index < -0.39 is 41.8 Å². The van der Waals surface area contributed by atoms with Crippen LogP contribution in [0.2, 0.25) is 0 Å². The molecule has 3 heterocycles. The number of rotatable bonds is 3. The number of ether oxygens (including phenoxy) is 2. The monoisotopic (exact) mass is 484 g/mol. The van der Waals surface area contributed by atoms with Crippen molar-refractivity contribution in [3.63, 3.8) is 0 Å². The first-order valence-corrected chi connectivity index (χ1v) is 9.47. The molecule has 0 bridgehead atoms. The molecule has 176 valence electrons. The Morgan fingerprint density at radius 3 is 2.41 bits per heavy atom. The third kappa shape index (κ3) is 5.54. The molecule has 0 saturated carbocycles. The van der Waals surface area contributed by atoms with E-state index in [-0.39, 0.29) is 56.6 Å². The van der Waals surface area contributed by atoms with Crippen LogP contribution >= 0.6 is 12.4 Å². The Labute approximate surface area is 185 Å². The lowest BCUT2D eigenvalue weighted by molar-refractivity contribution is -0.312. The molecule has 0 radical (unpaired) electrons. The number of piperidine rings is 1. The Morgan fingerprint density at radius 1 is 1.06 bits per heavy atom. The molecule has 2 fully saturated rings. The molecule has 1 aromatic carbocycles. The van der Waals surface area contributed by atoms with E-state index in [1.807, 2.05) is 0 Å². The zero-order valence-electron chi connectivity index (χ0n) is 16.5. The third-order valence-corrected chi connectivity index (χ3v) is 5.10. The Bertz CT molecular complexity index is 954. The molecule has 13 heteroatoms. The summed E-state index contributed by atoms with van der Waals surface area (Å²) in [6.07, 6.45) is -7.78. The highest BCUT2D eigenvalue weighted by Crippen LogP contribution is 2.37. The summed E-state index contributed by atoms with van der Waals surface area (Å²) in [5.74, 6) is -1.32. The van der Waals surface area contributed by atoms with Crippen LogP contribution in [0.5, 0.6) is 11.6 Å². The Hall–Kier alpha value is -2.31. The molecule has 0 unspecified atom stereocenters. The van der Waals surface area contributed by atoms with E-state index in [9.17, 15) is 26.3 Å². The summed E-state index contributed by atoms with van der Waals surface area (Å²) in [5.41, 5.74) is -2.34. The van der Waals surface area contributed by atoms with Crippen LogP contribution in [0.25, 0.3) is 0 Å². The van der Waals surface area contributed by atoms with E-state index in [1.54, 1.807) is 0 Å². The first kappa shape index (κ1) is 24.3. The molecule has 6 nitrogen and oxygen atoms in total. The van der Waals surface area contributed by atoms with Gasteiger partial charge in [-0.1, -0.05) is 6.07 Å². The number of hydrogen-bond donors (Lipinski definition) is 1. The summed E-state index contributed by atoms with van der Waals surface area (Å²) in [6.45, 7) is -0.152. The lowest BCUT2D eigenvalue weighted by Gasteiger charge is -2.46. The van der Waals surface area contributed by atoms with E-state index in [1.165, 1.54) is 17.0 Å². The van der Waals surface area contributed by atoms with Crippen LogP contribution in [0, 0.1) is 5.82 Å². The maximum absolute atomic E-state index is 13.6. The molecule has 2 aromatic rings. The second kappa shape index (κ2) is 8.91. The molecule has 1 aromatic heterocycles. The van der Waals surface area contributed by atoms with Crippen LogP contribution in [0.1, 0.15) is 18.5 Å². The second-order valence-corrected chi connectivity index (χ2v) is 7.46. The van der Waals surface area contributed by atoms with Crippen LogP contribution in [-0.2, 0) is 10.9 Å². The molecule has 2 aliphatic heterocycles. The Balaban J connectivity index is 0.00000289. The average Bonchev–Trinajstić information content (AvgIpc) is 2.67. The van der Waals surface area contributed by atoms with Crippen LogP contribution < -0.4 is 15.0 Å². The summed E-state index contributed by atoms with van der Waals surface area (Å²) < 4.78 is 91.0. The number of nitrogens with one attached hydrogen (secondary N) is 1. The number of nitrogens with zero attached hydrogens (tertiary/aromatic N) is 3. The van der Waals surface area contributed by atoms with Gasteiger partial charge in [0, 0.05) is 31.8 Å². The molecular weight excluding hydrogens is 466 g/mol. The van der Waals surface area contributed by atoms with Crippen LogP contribution in [-0.4, -0.2) is 47.9 Å². The fourth-order valence-electron chi connectivity index (χ4n) is 3.62. The molecule has 2 saturated heterocycles. The molecule has 0 atom stereocenters. The molecule has 1 N–H and O–H groups in total. The van der Waals surface area contributed by atoms with Gasteiger partial charge in [0.25, 0.3) is 0 Å². The lowest BCUT2D eigenvalue weighted by atomic mass is 9.90. The number of anilines is 1. The van der Waals surface area contributed by atoms with E-state index in [0.717, 1.165) is 12.1 Å². The van der Waals surface area contributed by atoms with E-state index in [4.69, 9.17) is 9.47 Å². The van der Waals surface area contributed by atoms with Crippen molar-refractivity contribution in [2.75, 3.05) is 31.1 Å². The maximum atomic E-state index is 13.6. The van der Waals surface area contributed by atoms with Gasteiger partial charge in [-0.3, -0.25) is 0 Å². The molecule has 4 rings (SSSR count). The summed E-state index contributed by atoms with van der Waals surface area (Å²) in [6, 6.07) is 5.50. The largest absolute Gasteiger partial charge is 0.439 e. The van der Waals surface area contributed by atoms with Crippen molar-refractivity contribution in [3.8, 4) is 11.6 Å². The van der Waals surface area contributed by atoms with Crippen molar-refractivity contribution >= 4 is 18.4 Å². The van der Waals surface area contributed by atoms with Crippen LogP contribution in [0.3, 0.4) is 0 Å². The summed E-state index contributed by atoms with van der Waals surface area (Å²) in [5, 5.41) is 2.64. The van der Waals surface area contributed by atoms with Crippen molar-refractivity contribution in [2.45, 2.75) is 30.7 Å². The predicted molar refractivity (Wildman–Crippen MR) is 104 cm³/mol. The van der Waals surface area contributed by atoms with Gasteiger partial charge < -0.3 is 19.7 Å². The molecule has 2 aliphatic rings. The highest BCUT2D eigenvalue weighted by Gasteiger charge is 2.48. The van der Waals surface area contributed by atoms with Crippen molar-refractivity contribution in [1.82, 2.24) is 15.3 Å². The SMILES string of the molecule is Cl.Fc1cccc(Oc2cc(C(F)(F)F)nc(N3CCC4(CC3)CNCC(F)(F)O4)n2)c1. The summed E-state index contributed by atoms with van der Waals surface area (Å²) in [7, 11) is 0. The highest BCUT2D eigenvalue weighted by molar-refractivity contribution is 5.85. The number of alkyl halides is 5. The fourth-order valence-corrected chi connectivity index (χ4v) is 3.62. The van der Waals surface area contributed by atoms with Gasteiger partial charge in [0.15, 0.2) is 5.69 Å². The Morgan fingerprint density at radius 2 is 1.78 bits per heavy atom. The van der Waals surface area contributed by atoms with Crippen LogP contribution in [0.4, 0.5) is 32.3 Å². The minimum atomic E-state index is -4.77. The van der Waals surface area contributed by atoms with Crippen LogP contribution in [0.15, 0.2) is 30.3 Å². The smallest absolute Gasteiger partial charge is 0.433 e. The molecule has 1 spiro atoms. The van der Waals surface area contributed by atoms with Gasteiger partial charge in [-0.25, -0.2) is 9.37 Å². The number of morpholine rings is 1. The van der Waals surface area contributed by atoms with E-state index in [2.05, 4.69) is 15.3 Å². The van der Waals surface area contributed by atoms with Gasteiger partial charge in [0.05, 0.1) is 12.1 Å². The van der Waals surface area contributed by atoms with Gasteiger partial charge in [-0.15, -0.1) is 12.4 Å². The maximum Gasteiger partial charge on any atom is 0.433 e. The standard InChI is InChI=1S/C19H18F6N4O2.ClH/c20-12-2-1-3-13(8-12)30-15-9-14(19(23,24)25)27-16(28-15)29-6-4-17(5-7-29)10-26-11-18(21,22)31-17;/h1-3,8-9,26H,4-7,10-11H2;1H. The number of benzene rings is 1. The van der Waals surface area contributed by atoms with Gasteiger partial charge in [-0.05, 0) is 25.0 Å². The summed E-state index contributed by atoms with van der Waals surface area (Å²) >= 11 is 0. The zero-order chi connectivity index (χ0) is 22.3. The number of halogens is 7. The second-order valence-electron chi connectivity index (χ2n) is 7.46. The molecule has 0 amide bonds. The van der Waals surface area contributed by atoms with E-state index in [0.29, 0.717) is 6.07 Å². The minimum Gasteiger partial charge on any atom is -0.439 e. The zero-order valence-corrected chi connectivity index (χ0v) is 17.3. The van der Waals surface area contributed by atoms with Gasteiger partial charge in [-0.2, -0.15) is 26.9 Å². The number of aromatic nitrogens is 2. The Kier molecular flexibility index (Phi) is 6.78. The van der Waals surface area contributed by atoms with Gasteiger partial charge in [0.1, 0.15) is 11.6 Å². The average molecular weight is 485 g/mol. The van der Waals surface area contributed by atoms with Crippen molar-refractivity contribution in [2.24, 2.45) is 0 Å². The van der Waals surface area contributed by atoms with Crippen molar-refractivity contribution in [3.05, 3.63) is 41.8 Å². The minimum absolute atomic E-state index is 0. The molecular formula is C19H19ClF6N4O2. The quantitative estimate of drug-likeness (QED) is 0.652. The first-order chi connectivity index (χ1) is 14.5. The normalized spacial score (nSPS) is 20.0. The first-order valence-electron chi connectivity index (χ1n) is 9.47. The van der Waals surface area contributed by atoms with E-state index >= 15 is 0 Å². The van der Waals surface area contributed by atoms with Crippen molar-refractivity contribution < 1.29 is 35.8 Å². The molecule has 0 aliphatic carbocycles. The highest BCUT2D eigenvalue weighted by atomic mass is 35.5. The predicted octanol–water partition coefficient (Wildman–Crippen LogP) is 4.40. The van der Waals surface area contributed by atoms with Crippen molar-refractivity contribution in [1.29, 1.82) is 0 Å². The fraction of sp³-hybridized carbons (Fsp3) is 0.474. The third-order valence-electron chi connectivity index (χ3n) is 5.10. The topological polar surface area (TPSA) is 59.5 Å². The van der Waals surface area contributed by atoms with Gasteiger partial charge >= 0.3 is 12.3 Å². The lowest BCUT2D eigenvalue weighted by Crippen LogP contribution is -2.60. The summed E-state index contributed by atoms with van der Waals surface area (Å²) in [4.78, 5) is 9.06. The molecule has 32 heavy (non-hydrogen) atoms.